The average molecular weight is 261 g/mol. The highest BCUT2D eigenvalue weighted by Crippen LogP contribution is 2.19. The quantitative estimate of drug-likeness (QED) is 0.902. The third kappa shape index (κ3) is 3.20. The Bertz CT molecular complexity index is 484. The number of ketones is 1. The molecule has 0 aromatic heterocycles. The van der Waals surface area contributed by atoms with Gasteiger partial charge >= 0.3 is 5.97 Å². The minimum absolute atomic E-state index is 0.103. The van der Waals surface area contributed by atoms with E-state index in [1.165, 1.54) is 0 Å². The van der Waals surface area contributed by atoms with Crippen molar-refractivity contribution in [3.8, 4) is 0 Å². The molecule has 1 heterocycles. The monoisotopic (exact) mass is 261 g/mol. The third-order valence-corrected chi connectivity index (χ3v) is 3.74. The van der Waals surface area contributed by atoms with Crippen molar-refractivity contribution in [3.63, 3.8) is 0 Å². The molecule has 1 aliphatic rings. The molecule has 1 unspecified atom stereocenters. The van der Waals surface area contributed by atoms with Crippen molar-refractivity contribution in [2.45, 2.75) is 26.3 Å². The average Bonchev–Trinajstić information content (AvgIpc) is 2.41. The van der Waals surface area contributed by atoms with E-state index in [9.17, 15) is 9.59 Å². The molecule has 19 heavy (non-hydrogen) atoms. The van der Waals surface area contributed by atoms with E-state index in [1.807, 2.05) is 19.1 Å². The molecule has 4 heteroatoms. The van der Waals surface area contributed by atoms with Gasteiger partial charge in [0, 0.05) is 32.0 Å². The molecule has 2 rings (SSSR count). The van der Waals surface area contributed by atoms with Gasteiger partial charge in [0.15, 0.2) is 0 Å². The van der Waals surface area contributed by atoms with Crippen LogP contribution in [0.5, 0.6) is 0 Å². The van der Waals surface area contributed by atoms with Crippen molar-refractivity contribution in [2.24, 2.45) is 5.92 Å². The van der Waals surface area contributed by atoms with Crippen LogP contribution in [0.4, 0.5) is 0 Å². The molecule has 0 spiro atoms. The maximum absolute atomic E-state index is 11.7. The minimum Gasteiger partial charge on any atom is -0.478 e. The Balaban J connectivity index is 2.09. The van der Waals surface area contributed by atoms with E-state index >= 15 is 0 Å². The lowest BCUT2D eigenvalue weighted by molar-refractivity contribution is -0.126. The second-order valence-electron chi connectivity index (χ2n) is 5.02. The molecule has 0 saturated carbocycles. The topological polar surface area (TPSA) is 57.6 Å². The van der Waals surface area contributed by atoms with Gasteiger partial charge in [0.2, 0.25) is 0 Å². The maximum atomic E-state index is 11.7. The first-order valence-electron chi connectivity index (χ1n) is 6.68. The van der Waals surface area contributed by atoms with Crippen molar-refractivity contribution >= 4 is 11.8 Å². The van der Waals surface area contributed by atoms with Crippen LogP contribution >= 0.6 is 0 Å². The van der Waals surface area contributed by atoms with Gasteiger partial charge in [-0.3, -0.25) is 9.69 Å². The lowest BCUT2D eigenvalue weighted by Gasteiger charge is -2.31. The smallest absolute Gasteiger partial charge is 0.336 e. The van der Waals surface area contributed by atoms with Crippen molar-refractivity contribution in [3.05, 3.63) is 35.4 Å². The first-order valence-corrected chi connectivity index (χ1v) is 6.68. The van der Waals surface area contributed by atoms with Gasteiger partial charge in [-0.15, -0.1) is 0 Å². The van der Waals surface area contributed by atoms with Crippen LogP contribution in [0.2, 0.25) is 0 Å². The standard InChI is InChI=1S/C15H19NO3/c1-2-11-9-16(8-7-14(11)17)10-12-5-3-4-6-13(12)15(18)19/h3-6,11H,2,7-10H2,1H3,(H,18,19). The van der Waals surface area contributed by atoms with Crippen LogP contribution in [0.15, 0.2) is 24.3 Å². The molecule has 4 nitrogen and oxygen atoms in total. The number of carboxylic acids is 1. The van der Waals surface area contributed by atoms with E-state index in [2.05, 4.69) is 4.90 Å². The minimum atomic E-state index is -0.893. The Morgan fingerprint density at radius 3 is 2.84 bits per heavy atom. The molecule has 102 valence electrons. The van der Waals surface area contributed by atoms with E-state index in [4.69, 9.17) is 5.11 Å². The lowest BCUT2D eigenvalue weighted by atomic mass is 9.93. The van der Waals surface area contributed by atoms with E-state index < -0.39 is 5.97 Å². The first kappa shape index (κ1) is 13.7. The first-order chi connectivity index (χ1) is 9.11. The van der Waals surface area contributed by atoms with Gasteiger partial charge in [0.25, 0.3) is 0 Å². The molecule has 0 amide bonds. The summed E-state index contributed by atoms with van der Waals surface area (Å²) >= 11 is 0. The van der Waals surface area contributed by atoms with Crippen LogP contribution in [-0.2, 0) is 11.3 Å². The number of carboxylic acid groups (broad SMARTS) is 1. The molecule has 1 N–H and O–H groups in total. The summed E-state index contributed by atoms with van der Waals surface area (Å²) in [5.41, 5.74) is 1.17. The molecule has 1 aromatic carbocycles. The summed E-state index contributed by atoms with van der Waals surface area (Å²) < 4.78 is 0. The fraction of sp³-hybridized carbons (Fsp3) is 0.467. The van der Waals surface area contributed by atoms with Crippen LogP contribution in [0, 0.1) is 5.92 Å². The number of benzene rings is 1. The molecule has 0 aliphatic carbocycles. The molecule has 0 bridgehead atoms. The summed E-state index contributed by atoms with van der Waals surface area (Å²) in [6, 6.07) is 7.07. The van der Waals surface area contributed by atoms with Crippen molar-refractivity contribution < 1.29 is 14.7 Å². The zero-order valence-electron chi connectivity index (χ0n) is 11.1. The zero-order chi connectivity index (χ0) is 13.8. The molecule has 0 radical (unpaired) electrons. The SMILES string of the molecule is CCC1CN(Cc2ccccc2C(=O)O)CCC1=O. The normalized spacial score (nSPS) is 20.5. The second-order valence-corrected chi connectivity index (χ2v) is 5.02. The number of hydrogen-bond acceptors (Lipinski definition) is 3. The van der Waals surface area contributed by atoms with E-state index in [0.29, 0.717) is 24.3 Å². The van der Waals surface area contributed by atoms with Gasteiger partial charge in [-0.25, -0.2) is 4.79 Å². The second kappa shape index (κ2) is 5.97. The van der Waals surface area contributed by atoms with Gasteiger partial charge in [0.05, 0.1) is 5.56 Å². The number of aromatic carboxylic acids is 1. The number of Topliss-reactive ketones (excluding diaryl/α,β-unsaturated/α-hetero) is 1. The Morgan fingerprint density at radius 2 is 2.16 bits per heavy atom. The van der Waals surface area contributed by atoms with E-state index in [-0.39, 0.29) is 5.92 Å². The number of nitrogens with zero attached hydrogens (tertiary/aromatic N) is 1. The number of piperidine rings is 1. The summed E-state index contributed by atoms with van der Waals surface area (Å²) in [5.74, 6) is -0.452. The van der Waals surface area contributed by atoms with Gasteiger partial charge in [-0.1, -0.05) is 25.1 Å². The molecule has 1 aromatic rings. The van der Waals surface area contributed by atoms with Crippen molar-refractivity contribution in [1.29, 1.82) is 0 Å². The number of likely N-dealkylation sites (tertiary alicyclic amines) is 1. The molecular formula is C15H19NO3. The van der Waals surface area contributed by atoms with E-state index in [1.54, 1.807) is 12.1 Å². The number of carbonyl (C=O) groups excluding carboxylic acids is 1. The fourth-order valence-electron chi connectivity index (χ4n) is 2.59. The number of hydrogen-bond donors (Lipinski definition) is 1. The summed E-state index contributed by atoms with van der Waals surface area (Å²) in [5, 5.41) is 9.16. The highest BCUT2D eigenvalue weighted by molar-refractivity contribution is 5.89. The predicted molar refractivity (Wildman–Crippen MR) is 72.1 cm³/mol. The van der Waals surface area contributed by atoms with Crippen LogP contribution in [-0.4, -0.2) is 34.8 Å². The van der Waals surface area contributed by atoms with Crippen LogP contribution in [0.1, 0.15) is 35.7 Å². The Morgan fingerprint density at radius 1 is 1.42 bits per heavy atom. The highest BCUT2D eigenvalue weighted by Gasteiger charge is 2.26. The Labute approximate surface area is 113 Å². The zero-order valence-corrected chi connectivity index (χ0v) is 11.1. The Hall–Kier alpha value is -1.68. The van der Waals surface area contributed by atoms with Crippen LogP contribution < -0.4 is 0 Å². The third-order valence-electron chi connectivity index (χ3n) is 3.74. The van der Waals surface area contributed by atoms with Gasteiger partial charge in [0.1, 0.15) is 5.78 Å². The summed E-state index contributed by atoms with van der Waals surface area (Å²) in [6.45, 7) is 4.09. The number of rotatable bonds is 4. The largest absolute Gasteiger partial charge is 0.478 e. The van der Waals surface area contributed by atoms with Gasteiger partial charge in [-0.2, -0.15) is 0 Å². The molecular weight excluding hydrogens is 242 g/mol. The van der Waals surface area contributed by atoms with Crippen molar-refractivity contribution in [2.75, 3.05) is 13.1 Å². The Kier molecular flexibility index (Phi) is 4.32. The van der Waals surface area contributed by atoms with Gasteiger partial charge in [-0.05, 0) is 18.1 Å². The molecule has 1 atom stereocenters. The molecule has 1 fully saturated rings. The molecule has 1 aliphatic heterocycles. The van der Waals surface area contributed by atoms with Crippen LogP contribution in [0.3, 0.4) is 0 Å². The molecule has 1 saturated heterocycles. The fourth-order valence-corrected chi connectivity index (χ4v) is 2.59. The lowest BCUT2D eigenvalue weighted by Crippen LogP contribution is -2.40. The predicted octanol–water partition coefficient (Wildman–Crippen LogP) is 2.19. The maximum Gasteiger partial charge on any atom is 0.336 e. The number of carbonyl (C=O) groups is 2. The summed E-state index contributed by atoms with van der Waals surface area (Å²) in [4.78, 5) is 25.0. The van der Waals surface area contributed by atoms with E-state index in [0.717, 1.165) is 25.1 Å². The van der Waals surface area contributed by atoms with Crippen molar-refractivity contribution in [1.82, 2.24) is 4.90 Å². The van der Waals surface area contributed by atoms with Crippen LogP contribution in [0.25, 0.3) is 0 Å². The van der Waals surface area contributed by atoms with Gasteiger partial charge < -0.3 is 5.11 Å². The highest BCUT2D eigenvalue weighted by atomic mass is 16.4. The summed E-state index contributed by atoms with van der Waals surface area (Å²) in [7, 11) is 0. The summed E-state index contributed by atoms with van der Waals surface area (Å²) in [6.07, 6.45) is 1.43.